The van der Waals surface area contributed by atoms with E-state index in [2.05, 4.69) is 28.7 Å². The third-order valence-electron chi connectivity index (χ3n) is 3.12. The Kier molecular flexibility index (Phi) is 5.60. The largest absolute Gasteiger partial charge is 0.320 e. The fourth-order valence-corrected chi connectivity index (χ4v) is 3.03. The molecule has 1 aromatic rings. The SMILES string of the molecule is NCC#Cc1cccc(SNC2CCCCC2)c1. The van der Waals surface area contributed by atoms with Crippen LogP contribution < -0.4 is 10.5 Å². The molecule has 1 aliphatic carbocycles. The normalized spacial score (nSPS) is 16.1. The molecule has 2 rings (SSSR count). The van der Waals surface area contributed by atoms with Crippen LogP contribution in [0.1, 0.15) is 37.7 Å². The summed E-state index contributed by atoms with van der Waals surface area (Å²) < 4.78 is 3.56. The van der Waals surface area contributed by atoms with Gasteiger partial charge in [0.1, 0.15) is 0 Å². The van der Waals surface area contributed by atoms with Gasteiger partial charge in [0.05, 0.1) is 6.54 Å². The van der Waals surface area contributed by atoms with Crippen molar-refractivity contribution < 1.29 is 0 Å². The second-order valence-corrected chi connectivity index (χ2v) is 5.50. The lowest BCUT2D eigenvalue weighted by molar-refractivity contribution is 0.423. The van der Waals surface area contributed by atoms with Crippen molar-refractivity contribution in [3.63, 3.8) is 0 Å². The van der Waals surface area contributed by atoms with E-state index in [-0.39, 0.29) is 0 Å². The number of hydrogen-bond donors (Lipinski definition) is 2. The topological polar surface area (TPSA) is 38.0 Å². The van der Waals surface area contributed by atoms with Gasteiger partial charge in [0.15, 0.2) is 0 Å². The standard InChI is InChI=1S/C15H20N2S/c16-11-5-7-13-6-4-10-15(12-13)18-17-14-8-2-1-3-9-14/h4,6,10,12,14,17H,1-3,8-9,11,16H2. The van der Waals surface area contributed by atoms with Crippen LogP contribution in [0.4, 0.5) is 0 Å². The van der Waals surface area contributed by atoms with Crippen molar-refractivity contribution in [3.8, 4) is 11.8 Å². The highest BCUT2D eigenvalue weighted by atomic mass is 32.2. The fourth-order valence-electron chi connectivity index (χ4n) is 2.16. The van der Waals surface area contributed by atoms with Crippen LogP contribution in [0.2, 0.25) is 0 Å². The minimum absolute atomic E-state index is 0.414. The van der Waals surface area contributed by atoms with Gasteiger partial charge in [-0.2, -0.15) is 0 Å². The van der Waals surface area contributed by atoms with Gasteiger partial charge in [-0.05, 0) is 43.0 Å². The highest BCUT2D eigenvalue weighted by molar-refractivity contribution is 7.97. The van der Waals surface area contributed by atoms with Crippen LogP contribution in [0, 0.1) is 11.8 Å². The average Bonchev–Trinajstić information content (AvgIpc) is 2.44. The van der Waals surface area contributed by atoms with Gasteiger partial charge in [-0.25, -0.2) is 0 Å². The maximum absolute atomic E-state index is 5.38. The first-order valence-electron chi connectivity index (χ1n) is 6.60. The zero-order chi connectivity index (χ0) is 12.6. The number of hydrogen-bond acceptors (Lipinski definition) is 3. The van der Waals surface area contributed by atoms with Crippen LogP contribution in [0.15, 0.2) is 29.2 Å². The van der Waals surface area contributed by atoms with Gasteiger partial charge in [0, 0.05) is 16.5 Å². The first kappa shape index (κ1) is 13.5. The molecule has 0 bridgehead atoms. The molecule has 0 spiro atoms. The van der Waals surface area contributed by atoms with Crippen LogP contribution in [-0.2, 0) is 0 Å². The molecule has 1 fully saturated rings. The van der Waals surface area contributed by atoms with Crippen LogP contribution >= 0.6 is 11.9 Å². The minimum atomic E-state index is 0.414. The van der Waals surface area contributed by atoms with E-state index in [1.54, 1.807) is 11.9 Å². The molecular formula is C15H20N2S. The summed E-state index contributed by atoms with van der Waals surface area (Å²) in [5, 5.41) is 0. The van der Waals surface area contributed by atoms with Gasteiger partial charge in [0.2, 0.25) is 0 Å². The predicted molar refractivity (Wildman–Crippen MR) is 78.2 cm³/mol. The third kappa shape index (κ3) is 4.38. The first-order chi connectivity index (χ1) is 8.88. The van der Waals surface area contributed by atoms with E-state index in [0.717, 1.165) is 5.56 Å². The Morgan fingerprint density at radius 3 is 2.89 bits per heavy atom. The van der Waals surface area contributed by atoms with E-state index in [9.17, 15) is 0 Å². The van der Waals surface area contributed by atoms with E-state index in [1.165, 1.54) is 37.0 Å². The highest BCUT2D eigenvalue weighted by Gasteiger charge is 2.12. The summed E-state index contributed by atoms with van der Waals surface area (Å²) >= 11 is 1.73. The molecule has 1 saturated carbocycles. The molecule has 96 valence electrons. The Labute approximate surface area is 114 Å². The Bertz CT molecular complexity index is 428. The van der Waals surface area contributed by atoms with Gasteiger partial charge in [-0.3, -0.25) is 4.72 Å². The maximum atomic E-state index is 5.38. The van der Waals surface area contributed by atoms with Gasteiger partial charge in [-0.1, -0.05) is 37.2 Å². The summed E-state index contributed by atoms with van der Waals surface area (Å²) in [4.78, 5) is 1.23. The average molecular weight is 260 g/mol. The van der Waals surface area contributed by atoms with Crippen molar-refractivity contribution in [1.82, 2.24) is 4.72 Å². The van der Waals surface area contributed by atoms with Crippen molar-refractivity contribution in [1.29, 1.82) is 0 Å². The second-order valence-electron chi connectivity index (χ2n) is 4.59. The molecule has 0 heterocycles. The number of rotatable bonds is 3. The fraction of sp³-hybridized carbons (Fsp3) is 0.467. The molecule has 0 atom stereocenters. The molecule has 3 N–H and O–H groups in total. The first-order valence-corrected chi connectivity index (χ1v) is 7.41. The monoisotopic (exact) mass is 260 g/mol. The summed E-state index contributed by atoms with van der Waals surface area (Å²) in [7, 11) is 0. The molecule has 0 aliphatic heterocycles. The number of nitrogens with two attached hydrogens (primary N) is 1. The summed E-state index contributed by atoms with van der Waals surface area (Å²) in [5.74, 6) is 5.95. The van der Waals surface area contributed by atoms with Crippen LogP contribution in [-0.4, -0.2) is 12.6 Å². The summed E-state index contributed by atoms with van der Waals surface area (Å²) in [6, 6.07) is 8.97. The lowest BCUT2D eigenvalue weighted by atomic mass is 9.96. The zero-order valence-electron chi connectivity index (χ0n) is 10.6. The Morgan fingerprint density at radius 1 is 1.28 bits per heavy atom. The van der Waals surface area contributed by atoms with Gasteiger partial charge < -0.3 is 5.73 Å². The summed E-state index contributed by atoms with van der Waals surface area (Å²) in [6.07, 6.45) is 6.73. The molecule has 0 unspecified atom stereocenters. The molecule has 2 nitrogen and oxygen atoms in total. The third-order valence-corrected chi connectivity index (χ3v) is 4.06. The van der Waals surface area contributed by atoms with E-state index < -0.39 is 0 Å². The minimum Gasteiger partial charge on any atom is -0.320 e. The zero-order valence-corrected chi connectivity index (χ0v) is 11.4. The van der Waals surface area contributed by atoms with E-state index in [0.29, 0.717) is 12.6 Å². The lowest BCUT2D eigenvalue weighted by Crippen LogP contribution is -2.25. The van der Waals surface area contributed by atoms with Crippen molar-refractivity contribution in [2.24, 2.45) is 5.73 Å². The van der Waals surface area contributed by atoms with Gasteiger partial charge >= 0.3 is 0 Å². The molecule has 0 amide bonds. The molecule has 3 heteroatoms. The van der Waals surface area contributed by atoms with Crippen LogP contribution in [0.25, 0.3) is 0 Å². The number of benzene rings is 1. The van der Waals surface area contributed by atoms with Crippen LogP contribution in [0.5, 0.6) is 0 Å². The lowest BCUT2D eigenvalue weighted by Gasteiger charge is -2.22. The molecule has 0 saturated heterocycles. The Balaban J connectivity index is 1.88. The van der Waals surface area contributed by atoms with Crippen molar-refractivity contribution in [2.75, 3.05) is 6.54 Å². The highest BCUT2D eigenvalue weighted by Crippen LogP contribution is 2.22. The number of nitrogens with one attached hydrogen (secondary N) is 1. The smallest absolute Gasteiger partial charge is 0.0555 e. The van der Waals surface area contributed by atoms with E-state index in [4.69, 9.17) is 5.73 Å². The van der Waals surface area contributed by atoms with Crippen molar-refractivity contribution >= 4 is 11.9 Å². The molecule has 1 aliphatic rings. The van der Waals surface area contributed by atoms with E-state index in [1.807, 2.05) is 12.1 Å². The molecular weight excluding hydrogens is 240 g/mol. The Hall–Kier alpha value is -0.950. The van der Waals surface area contributed by atoms with Gasteiger partial charge in [0.25, 0.3) is 0 Å². The molecule has 0 aromatic heterocycles. The molecule has 18 heavy (non-hydrogen) atoms. The van der Waals surface area contributed by atoms with Gasteiger partial charge in [-0.15, -0.1) is 0 Å². The van der Waals surface area contributed by atoms with E-state index >= 15 is 0 Å². The Morgan fingerprint density at radius 2 is 2.11 bits per heavy atom. The second kappa shape index (κ2) is 7.48. The quantitative estimate of drug-likeness (QED) is 0.648. The van der Waals surface area contributed by atoms with Crippen molar-refractivity contribution in [3.05, 3.63) is 29.8 Å². The molecule has 0 radical (unpaired) electrons. The predicted octanol–water partition coefficient (Wildman–Crippen LogP) is 2.93. The summed E-state index contributed by atoms with van der Waals surface area (Å²) in [6.45, 7) is 0.414. The maximum Gasteiger partial charge on any atom is 0.0555 e. The molecule has 1 aromatic carbocycles. The van der Waals surface area contributed by atoms with Crippen LogP contribution in [0.3, 0.4) is 0 Å². The van der Waals surface area contributed by atoms with Crippen molar-refractivity contribution in [2.45, 2.75) is 43.0 Å². The summed E-state index contributed by atoms with van der Waals surface area (Å²) in [5.41, 5.74) is 6.42.